The fourth-order valence-corrected chi connectivity index (χ4v) is 4.46. The average Bonchev–Trinajstić information content (AvgIpc) is 2.85. The van der Waals surface area contributed by atoms with Crippen LogP contribution in [-0.2, 0) is 0 Å². The fourth-order valence-electron chi connectivity index (χ4n) is 4.46. The second kappa shape index (κ2) is 11.7. The van der Waals surface area contributed by atoms with Crippen LogP contribution in [0.15, 0.2) is 91.0 Å². The van der Waals surface area contributed by atoms with Crippen LogP contribution in [-0.4, -0.2) is 55.7 Å². The first-order valence-electron chi connectivity index (χ1n) is 11.6. The third-order valence-electron chi connectivity index (χ3n) is 6.26. The first-order valence-corrected chi connectivity index (χ1v) is 11.6. The van der Waals surface area contributed by atoms with Gasteiger partial charge in [0.15, 0.2) is 0 Å². The zero-order valence-electron chi connectivity index (χ0n) is 18.4. The van der Waals surface area contributed by atoms with E-state index >= 15 is 0 Å². The molecule has 0 bridgehead atoms. The van der Waals surface area contributed by atoms with Crippen LogP contribution in [0.1, 0.15) is 29.9 Å². The summed E-state index contributed by atoms with van der Waals surface area (Å²) < 4.78 is 5.86. The molecule has 1 aliphatic rings. The van der Waals surface area contributed by atoms with Crippen molar-refractivity contribution in [3.63, 3.8) is 0 Å². The first kappa shape index (κ1) is 21.6. The summed E-state index contributed by atoms with van der Waals surface area (Å²) in [5.74, 6) is 1.45. The molecule has 3 aromatic rings. The molecule has 0 aliphatic carbocycles. The van der Waals surface area contributed by atoms with Crippen molar-refractivity contribution in [3.8, 4) is 5.75 Å². The Morgan fingerprint density at radius 3 is 1.65 bits per heavy atom. The van der Waals surface area contributed by atoms with Crippen LogP contribution in [0, 0.1) is 0 Å². The quantitative estimate of drug-likeness (QED) is 0.448. The minimum atomic E-state index is 0.485. The normalized spacial score (nSPS) is 15.3. The number of hydrogen-bond acceptors (Lipinski definition) is 3. The van der Waals surface area contributed by atoms with Crippen molar-refractivity contribution in [3.05, 3.63) is 102 Å². The Morgan fingerprint density at radius 1 is 0.613 bits per heavy atom. The molecular weight excluding hydrogens is 380 g/mol. The highest BCUT2D eigenvalue weighted by molar-refractivity contribution is 5.32. The Hall–Kier alpha value is -2.62. The fraction of sp³-hybridized carbons (Fsp3) is 0.357. The van der Waals surface area contributed by atoms with Crippen LogP contribution in [0.5, 0.6) is 5.75 Å². The van der Waals surface area contributed by atoms with Gasteiger partial charge in [-0.3, -0.25) is 4.90 Å². The SMILES string of the molecule is c1ccc(OCCN2CCN(CCCC(c3ccccc3)c3ccccc3)CC2)cc1. The molecule has 0 amide bonds. The van der Waals surface area contributed by atoms with Crippen molar-refractivity contribution in [2.24, 2.45) is 0 Å². The van der Waals surface area contributed by atoms with E-state index in [0.29, 0.717) is 5.92 Å². The highest BCUT2D eigenvalue weighted by Gasteiger charge is 2.18. The maximum Gasteiger partial charge on any atom is 0.119 e. The summed E-state index contributed by atoms with van der Waals surface area (Å²) in [6.07, 6.45) is 2.42. The summed E-state index contributed by atoms with van der Waals surface area (Å²) in [6, 6.07) is 32.0. The van der Waals surface area contributed by atoms with Crippen molar-refractivity contribution in [1.29, 1.82) is 0 Å². The van der Waals surface area contributed by atoms with E-state index in [9.17, 15) is 0 Å². The maximum atomic E-state index is 5.86. The van der Waals surface area contributed by atoms with Gasteiger partial charge in [-0.25, -0.2) is 0 Å². The molecular formula is C28H34N2O. The lowest BCUT2D eigenvalue weighted by atomic mass is 9.87. The molecule has 1 heterocycles. The van der Waals surface area contributed by atoms with Crippen LogP contribution in [0.2, 0.25) is 0 Å². The molecule has 0 radical (unpaired) electrons. The lowest BCUT2D eigenvalue weighted by Crippen LogP contribution is -2.47. The minimum Gasteiger partial charge on any atom is -0.492 e. The molecule has 0 spiro atoms. The van der Waals surface area contributed by atoms with E-state index in [4.69, 9.17) is 4.74 Å². The summed E-state index contributed by atoms with van der Waals surface area (Å²) in [6.45, 7) is 7.55. The van der Waals surface area contributed by atoms with Crippen molar-refractivity contribution < 1.29 is 4.74 Å². The van der Waals surface area contributed by atoms with Gasteiger partial charge in [-0.15, -0.1) is 0 Å². The second-order valence-electron chi connectivity index (χ2n) is 8.36. The number of hydrogen-bond donors (Lipinski definition) is 0. The van der Waals surface area contributed by atoms with Crippen LogP contribution in [0.4, 0.5) is 0 Å². The average molecular weight is 415 g/mol. The molecule has 3 nitrogen and oxygen atoms in total. The summed E-state index contributed by atoms with van der Waals surface area (Å²) in [7, 11) is 0. The molecule has 1 aliphatic heterocycles. The van der Waals surface area contributed by atoms with E-state index in [2.05, 4.69) is 70.5 Å². The van der Waals surface area contributed by atoms with E-state index in [1.54, 1.807) is 0 Å². The molecule has 0 aromatic heterocycles. The Labute approximate surface area is 187 Å². The summed E-state index contributed by atoms with van der Waals surface area (Å²) in [5, 5.41) is 0. The van der Waals surface area contributed by atoms with Crippen LogP contribution < -0.4 is 4.74 Å². The summed E-state index contributed by atoms with van der Waals surface area (Å²) in [4.78, 5) is 5.15. The number of nitrogens with zero attached hydrogens (tertiary/aromatic N) is 2. The lowest BCUT2D eigenvalue weighted by Gasteiger charge is -2.34. The predicted molar refractivity (Wildman–Crippen MR) is 129 cm³/mol. The highest BCUT2D eigenvalue weighted by Crippen LogP contribution is 2.29. The van der Waals surface area contributed by atoms with Gasteiger partial charge < -0.3 is 9.64 Å². The van der Waals surface area contributed by atoms with E-state index in [0.717, 1.165) is 45.1 Å². The molecule has 1 fully saturated rings. The van der Waals surface area contributed by atoms with Crippen molar-refractivity contribution in [2.45, 2.75) is 18.8 Å². The van der Waals surface area contributed by atoms with Gasteiger partial charge in [0.2, 0.25) is 0 Å². The van der Waals surface area contributed by atoms with Gasteiger partial charge in [0.05, 0.1) is 0 Å². The molecule has 0 N–H and O–H groups in total. The minimum absolute atomic E-state index is 0.485. The van der Waals surface area contributed by atoms with Gasteiger partial charge in [-0.05, 0) is 42.6 Å². The van der Waals surface area contributed by atoms with Gasteiger partial charge >= 0.3 is 0 Å². The number of ether oxygens (including phenoxy) is 1. The van der Waals surface area contributed by atoms with E-state index in [-0.39, 0.29) is 0 Å². The topological polar surface area (TPSA) is 15.7 Å². The van der Waals surface area contributed by atoms with Crippen molar-refractivity contribution >= 4 is 0 Å². The van der Waals surface area contributed by atoms with Gasteiger partial charge in [-0.2, -0.15) is 0 Å². The van der Waals surface area contributed by atoms with Crippen molar-refractivity contribution in [1.82, 2.24) is 9.80 Å². The Bertz CT molecular complexity index is 822. The highest BCUT2D eigenvalue weighted by atomic mass is 16.5. The predicted octanol–water partition coefficient (Wildman–Crippen LogP) is 5.30. The van der Waals surface area contributed by atoms with E-state index in [1.165, 1.54) is 30.5 Å². The van der Waals surface area contributed by atoms with Crippen LogP contribution in [0.3, 0.4) is 0 Å². The maximum absolute atomic E-state index is 5.86. The zero-order chi connectivity index (χ0) is 21.1. The number of piperazine rings is 1. The van der Waals surface area contributed by atoms with Gasteiger partial charge in [0, 0.05) is 38.6 Å². The summed E-state index contributed by atoms with van der Waals surface area (Å²) >= 11 is 0. The third-order valence-corrected chi connectivity index (χ3v) is 6.26. The molecule has 0 atom stereocenters. The van der Waals surface area contributed by atoms with Gasteiger partial charge in [-0.1, -0.05) is 78.9 Å². The molecule has 31 heavy (non-hydrogen) atoms. The second-order valence-corrected chi connectivity index (χ2v) is 8.36. The van der Waals surface area contributed by atoms with Gasteiger partial charge in [0.1, 0.15) is 12.4 Å². The van der Waals surface area contributed by atoms with Gasteiger partial charge in [0.25, 0.3) is 0 Å². The number of benzene rings is 3. The molecule has 1 saturated heterocycles. The first-order chi connectivity index (χ1) is 15.4. The van der Waals surface area contributed by atoms with Crippen LogP contribution >= 0.6 is 0 Å². The van der Waals surface area contributed by atoms with Crippen LogP contribution in [0.25, 0.3) is 0 Å². The smallest absolute Gasteiger partial charge is 0.119 e. The zero-order valence-corrected chi connectivity index (χ0v) is 18.4. The standard InChI is InChI=1S/C28H34N2O/c1-4-11-25(12-5-1)28(26-13-6-2-7-14-26)17-10-18-29-19-21-30(22-20-29)23-24-31-27-15-8-3-9-16-27/h1-9,11-16,28H,10,17-24H2. The Balaban J connectivity index is 1.19. The largest absolute Gasteiger partial charge is 0.492 e. The van der Waals surface area contributed by atoms with Crippen molar-refractivity contribution in [2.75, 3.05) is 45.9 Å². The molecule has 0 unspecified atom stereocenters. The Kier molecular flexibility index (Phi) is 8.14. The molecule has 0 saturated carbocycles. The molecule has 162 valence electrons. The molecule has 3 heteroatoms. The third kappa shape index (κ3) is 6.68. The molecule has 4 rings (SSSR count). The Morgan fingerprint density at radius 2 is 1.10 bits per heavy atom. The number of rotatable bonds is 10. The summed E-state index contributed by atoms with van der Waals surface area (Å²) in [5.41, 5.74) is 2.86. The molecule has 3 aromatic carbocycles. The monoisotopic (exact) mass is 414 g/mol. The van der Waals surface area contributed by atoms with E-state index in [1.807, 2.05) is 30.3 Å². The van der Waals surface area contributed by atoms with E-state index < -0.39 is 0 Å². The number of para-hydroxylation sites is 1. The lowest BCUT2D eigenvalue weighted by molar-refractivity contribution is 0.115.